The predicted molar refractivity (Wildman–Crippen MR) is 106 cm³/mol. The lowest BCUT2D eigenvalue weighted by atomic mass is 10.1. The SMILES string of the molecule is COC(=O)CCN(CCc1ccc(OC)cc1)C(=O)CCOc1ccccc1. The summed E-state index contributed by atoms with van der Waals surface area (Å²) in [5, 5.41) is 0. The molecule has 2 rings (SSSR count). The molecule has 0 saturated heterocycles. The van der Waals surface area contributed by atoms with Crippen molar-refractivity contribution in [1.29, 1.82) is 0 Å². The van der Waals surface area contributed by atoms with Crippen LogP contribution in [0.15, 0.2) is 54.6 Å². The van der Waals surface area contributed by atoms with Gasteiger partial charge >= 0.3 is 5.97 Å². The van der Waals surface area contributed by atoms with Crippen molar-refractivity contribution in [2.24, 2.45) is 0 Å². The van der Waals surface area contributed by atoms with Crippen LogP contribution in [0.1, 0.15) is 18.4 Å². The van der Waals surface area contributed by atoms with E-state index < -0.39 is 0 Å². The molecule has 0 unspecified atom stereocenters. The maximum Gasteiger partial charge on any atom is 0.307 e. The molecule has 0 aromatic heterocycles. The molecule has 2 aromatic rings. The number of nitrogens with zero attached hydrogens (tertiary/aromatic N) is 1. The van der Waals surface area contributed by atoms with Crippen LogP contribution < -0.4 is 9.47 Å². The van der Waals surface area contributed by atoms with Crippen molar-refractivity contribution < 1.29 is 23.8 Å². The smallest absolute Gasteiger partial charge is 0.307 e. The van der Waals surface area contributed by atoms with Crippen LogP contribution in [0.4, 0.5) is 0 Å². The molecule has 0 fully saturated rings. The average molecular weight is 385 g/mol. The Morgan fingerprint density at radius 2 is 1.57 bits per heavy atom. The summed E-state index contributed by atoms with van der Waals surface area (Å²) in [6.45, 7) is 1.14. The molecule has 2 aromatic carbocycles. The van der Waals surface area contributed by atoms with Gasteiger partial charge in [0.1, 0.15) is 11.5 Å². The summed E-state index contributed by atoms with van der Waals surface area (Å²) < 4.78 is 15.5. The first kappa shape index (κ1) is 21.3. The number of carbonyl (C=O) groups excluding carboxylic acids is 2. The number of para-hydroxylation sites is 1. The number of methoxy groups -OCH3 is 2. The maximum absolute atomic E-state index is 12.6. The fourth-order valence-electron chi connectivity index (χ4n) is 2.68. The maximum atomic E-state index is 12.6. The number of ether oxygens (including phenoxy) is 3. The van der Waals surface area contributed by atoms with E-state index in [4.69, 9.17) is 14.2 Å². The Balaban J connectivity index is 1.88. The Kier molecular flexibility index (Phi) is 8.85. The second-order valence-corrected chi connectivity index (χ2v) is 6.22. The standard InChI is InChI=1S/C22H27NO5/c1-26-19-10-8-18(9-11-19)12-15-23(16-13-22(25)27-2)21(24)14-17-28-20-6-4-3-5-7-20/h3-11H,12-17H2,1-2H3. The third kappa shape index (κ3) is 7.31. The summed E-state index contributed by atoms with van der Waals surface area (Å²) in [6, 6.07) is 17.1. The Labute approximate surface area is 166 Å². The fraction of sp³-hybridized carbons (Fsp3) is 0.364. The Bertz CT molecular complexity index is 730. The molecule has 0 heterocycles. The highest BCUT2D eigenvalue weighted by molar-refractivity contribution is 5.77. The van der Waals surface area contributed by atoms with Crippen LogP contribution in [0.3, 0.4) is 0 Å². The summed E-state index contributed by atoms with van der Waals surface area (Å²) >= 11 is 0. The number of esters is 1. The van der Waals surface area contributed by atoms with Crippen molar-refractivity contribution in [1.82, 2.24) is 4.90 Å². The van der Waals surface area contributed by atoms with Crippen LogP contribution in [0.2, 0.25) is 0 Å². The number of hydrogen-bond donors (Lipinski definition) is 0. The van der Waals surface area contributed by atoms with Crippen molar-refractivity contribution in [3.63, 3.8) is 0 Å². The number of hydrogen-bond acceptors (Lipinski definition) is 5. The Morgan fingerprint density at radius 3 is 2.21 bits per heavy atom. The van der Waals surface area contributed by atoms with Crippen LogP contribution in [0, 0.1) is 0 Å². The Hall–Kier alpha value is -3.02. The van der Waals surface area contributed by atoms with Crippen molar-refractivity contribution >= 4 is 11.9 Å². The molecule has 0 saturated carbocycles. The van der Waals surface area contributed by atoms with Gasteiger partial charge in [-0.25, -0.2) is 0 Å². The van der Waals surface area contributed by atoms with Crippen molar-refractivity contribution in [3.8, 4) is 11.5 Å². The third-order valence-electron chi connectivity index (χ3n) is 4.32. The van der Waals surface area contributed by atoms with Gasteiger partial charge in [0.05, 0.1) is 33.7 Å². The number of benzene rings is 2. The van der Waals surface area contributed by atoms with Gasteiger partial charge in [0.25, 0.3) is 0 Å². The van der Waals surface area contributed by atoms with E-state index in [1.54, 1.807) is 12.0 Å². The van der Waals surface area contributed by atoms with Crippen LogP contribution in [-0.4, -0.2) is 50.7 Å². The average Bonchev–Trinajstić information content (AvgIpc) is 2.74. The second kappa shape index (κ2) is 11.6. The zero-order valence-corrected chi connectivity index (χ0v) is 16.4. The van der Waals surface area contributed by atoms with Gasteiger partial charge < -0.3 is 19.1 Å². The lowest BCUT2D eigenvalue weighted by Crippen LogP contribution is -2.35. The summed E-state index contributed by atoms with van der Waals surface area (Å²) in [7, 11) is 2.97. The lowest BCUT2D eigenvalue weighted by Gasteiger charge is -2.22. The molecular formula is C22H27NO5. The van der Waals surface area contributed by atoms with E-state index in [9.17, 15) is 9.59 Å². The van der Waals surface area contributed by atoms with E-state index in [1.807, 2.05) is 54.6 Å². The molecule has 0 spiro atoms. The van der Waals surface area contributed by atoms with Gasteiger partial charge in [0, 0.05) is 13.1 Å². The largest absolute Gasteiger partial charge is 0.497 e. The minimum Gasteiger partial charge on any atom is -0.497 e. The highest BCUT2D eigenvalue weighted by atomic mass is 16.5. The summed E-state index contributed by atoms with van der Waals surface area (Å²) in [6.07, 6.45) is 1.11. The topological polar surface area (TPSA) is 65.1 Å². The van der Waals surface area contributed by atoms with Gasteiger partial charge in [-0.05, 0) is 36.2 Å². The first-order valence-electron chi connectivity index (χ1n) is 9.27. The van der Waals surface area contributed by atoms with Crippen LogP contribution >= 0.6 is 0 Å². The van der Waals surface area contributed by atoms with Crippen molar-refractivity contribution in [2.45, 2.75) is 19.3 Å². The molecular weight excluding hydrogens is 358 g/mol. The summed E-state index contributed by atoms with van der Waals surface area (Å²) in [5.74, 6) is 1.14. The van der Waals surface area contributed by atoms with E-state index in [0.29, 0.717) is 26.1 Å². The quantitative estimate of drug-likeness (QED) is 0.556. The fourth-order valence-corrected chi connectivity index (χ4v) is 2.68. The summed E-state index contributed by atoms with van der Waals surface area (Å²) in [4.78, 5) is 25.8. The van der Waals surface area contributed by atoms with E-state index >= 15 is 0 Å². The number of amides is 1. The van der Waals surface area contributed by atoms with Crippen LogP contribution in [-0.2, 0) is 20.7 Å². The minimum atomic E-state index is -0.331. The molecule has 0 atom stereocenters. The number of carbonyl (C=O) groups is 2. The Morgan fingerprint density at radius 1 is 0.857 bits per heavy atom. The molecule has 6 heteroatoms. The van der Waals surface area contributed by atoms with Gasteiger partial charge in [-0.2, -0.15) is 0 Å². The first-order valence-corrected chi connectivity index (χ1v) is 9.27. The third-order valence-corrected chi connectivity index (χ3v) is 4.32. The zero-order valence-electron chi connectivity index (χ0n) is 16.4. The van der Waals surface area contributed by atoms with Crippen molar-refractivity contribution in [3.05, 3.63) is 60.2 Å². The molecule has 0 bridgehead atoms. The predicted octanol–water partition coefficient (Wildman–Crippen LogP) is 3.10. The monoisotopic (exact) mass is 385 g/mol. The van der Waals surface area contributed by atoms with E-state index in [1.165, 1.54) is 7.11 Å². The van der Waals surface area contributed by atoms with E-state index in [0.717, 1.165) is 17.1 Å². The van der Waals surface area contributed by atoms with Gasteiger partial charge in [-0.15, -0.1) is 0 Å². The number of rotatable bonds is 11. The molecule has 1 amide bonds. The molecule has 0 N–H and O–H groups in total. The van der Waals surface area contributed by atoms with Gasteiger partial charge in [0.2, 0.25) is 5.91 Å². The molecule has 28 heavy (non-hydrogen) atoms. The van der Waals surface area contributed by atoms with Gasteiger partial charge in [-0.1, -0.05) is 30.3 Å². The second-order valence-electron chi connectivity index (χ2n) is 6.22. The van der Waals surface area contributed by atoms with Gasteiger partial charge in [0.15, 0.2) is 0 Å². The highest BCUT2D eigenvalue weighted by Crippen LogP contribution is 2.13. The molecule has 0 aliphatic heterocycles. The molecule has 150 valence electrons. The van der Waals surface area contributed by atoms with E-state index in [2.05, 4.69) is 0 Å². The molecule has 6 nitrogen and oxygen atoms in total. The molecule has 0 aliphatic carbocycles. The van der Waals surface area contributed by atoms with Gasteiger partial charge in [-0.3, -0.25) is 9.59 Å². The summed E-state index contributed by atoms with van der Waals surface area (Å²) in [5.41, 5.74) is 1.09. The van der Waals surface area contributed by atoms with Crippen LogP contribution in [0.5, 0.6) is 11.5 Å². The van der Waals surface area contributed by atoms with Crippen LogP contribution in [0.25, 0.3) is 0 Å². The van der Waals surface area contributed by atoms with E-state index in [-0.39, 0.29) is 24.7 Å². The normalized spacial score (nSPS) is 10.2. The first-order chi connectivity index (χ1) is 13.6. The molecule has 0 aliphatic rings. The highest BCUT2D eigenvalue weighted by Gasteiger charge is 2.15. The zero-order chi connectivity index (χ0) is 20.2. The van der Waals surface area contributed by atoms with Crippen molar-refractivity contribution in [2.75, 3.05) is 33.9 Å². The molecule has 0 radical (unpaired) electrons. The minimum absolute atomic E-state index is 0.0478. The lowest BCUT2D eigenvalue weighted by molar-refractivity contribution is -0.141.